The number of piperidine rings is 1. The molecule has 2 N–H and O–H groups in total. The third-order valence-electron chi connectivity index (χ3n) is 5.45. The first-order chi connectivity index (χ1) is 8.63. The van der Waals surface area contributed by atoms with Crippen LogP contribution >= 0.6 is 0 Å². The molecule has 1 saturated carbocycles. The van der Waals surface area contributed by atoms with E-state index in [9.17, 15) is 0 Å². The summed E-state index contributed by atoms with van der Waals surface area (Å²) in [6.07, 6.45) is 8.13. The number of likely N-dealkylation sites (tertiary alicyclic amines) is 1. The molecule has 18 heavy (non-hydrogen) atoms. The van der Waals surface area contributed by atoms with E-state index >= 15 is 0 Å². The molecule has 0 spiro atoms. The summed E-state index contributed by atoms with van der Waals surface area (Å²) in [5.74, 6) is 0.735. The highest BCUT2D eigenvalue weighted by Crippen LogP contribution is 2.31. The molecule has 0 aromatic heterocycles. The van der Waals surface area contributed by atoms with E-state index in [2.05, 4.69) is 30.8 Å². The fourth-order valence-electron chi connectivity index (χ4n) is 3.90. The van der Waals surface area contributed by atoms with E-state index in [-0.39, 0.29) is 0 Å². The van der Waals surface area contributed by atoms with Crippen LogP contribution < -0.4 is 5.73 Å². The van der Waals surface area contributed by atoms with Crippen molar-refractivity contribution >= 4 is 0 Å². The number of nitrogens with two attached hydrogens (primary N) is 1. The van der Waals surface area contributed by atoms with Gasteiger partial charge in [0.2, 0.25) is 0 Å². The highest BCUT2D eigenvalue weighted by Gasteiger charge is 2.33. The second-order valence-corrected chi connectivity index (χ2v) is 6.52. The van der Waals surface area contributed by atoms with Gasteiger partial charge >= 0.3 is 0 Å². The molecule has 3 nitrogen and oxygen atoms in total. The molecule has 1 heterocycles. The van der Waals surface area contributed by atoms with Crippen molar-refractivity contribution in [1.29, 1.82) is 0 Å². The maximum Gasteiger partial charge on any atom is 0.0135 e. The summed E-state index contributed by atoms with van der Waals surface area (Å²) in [5, 5.41) is 0. The van der Waals surface area contributed by atoms with Crippen LogP contribution in [0.5, 0.6) is 0 Å². The molecule has 1 aliphatic carbocycles. The Hall–Kier alpha value is -0.120. The van der Waals surface area contributed by atoms with Crippen molar-refractivity contribution < 1.29 is 0 Å². The normalized spacial score (nSPS) is 39.2. The lowest BCUT2D eigenvalue weighted by Gasteiger charge is -2.45. The lowest BCUT2D eigenvalue weighted by atomic mass is 9.82. The Morgan fingerprint density at radius 2 is 1.94 bits per heavy atom. The Bertz CT molecular complexity index is 256. The smallest absolute Gasteiger partial charge is 0.0135 e. The van der Waals surface area contributed by atoms with Crippen molar-refractivity contribution in [3.63, 3.8) is 0 Å². The molecule has 4 unspecified atom stereocenters. The highest BCUT2D eigenvalue weighted by atomic mass is 15.2. The van der Waals surface area contributed by atoms with Crippen molar-refractivity contribution in [2.45, 2.75) is 63.6 Å². The monoisotopic (exact) mass is 253 g/mol. The molecule has 0 aromatic rings. The number of hydrogen-bond acceptors (Lipinski definition) is 3. The minimum atomic E-state index is 0.728. The molecule has 0 aromatic carbocycles. The van der Waals surface area contributed by atoms with Gasteiger partial charge in [-0.15, -0.1) is 0 Å². The first-order valence-electron chi connectivity index (χ1n) is 7.75. The van der Waals surface area contributed by atoms with Gasteiger partial charge in [0.1, 0.15) is 0 Å². The van der Waals surface area contributed by atoms with Crippen molar-refractivity contribution in [3.8, 4) is 0 Å². The Morgan fingerprint density at radius 1 is 1.22 bits per heavy atom. The van der Waals surface area contributed by atoms with Gasteiger partial charge in [-0.3, -0.25) is 0 Å². The SMILES string of the molecule is CC1CC(N(C)C2CCCCC2CN)CCN1C. The average molecular weight is 253 g/mol. The molecule has 1 aliphatic heterocycles. The predicted octanol–water partition coefficient (Wildman–Crippen LogP) is 1.92. The van der Waals surface area contributed by atoms with E-state index in [1.165, 1.54) is 45.1 Å². The van der Waals surface area contributed by atoms with Gasteiger partial charge in [0, 0.05) is 18.1 Å². The molecule has 1 saturated heterocycles. The molecule has 2 aliphatic rings. The van der Waals surface area contributed by atoms with Crippen LogP contribution in [-0.2, 0) is 0 Å². The zero-order chi connectivity index (χ0) is 13.1. The average Bonchev–Trinajstić information content (AvgIpc) is 2.41. The van der Waals surface area contributed by atoms with Gasteiger partial charge in [-0.1, -0.05) is 12.8 Å². The minimum absolute atomic E-state index is 0.728. The van der Waals surface area contributed by atoms with Crippen LogP contribution in [-0.4, -0.2) is 55.1 Å². The van der Waals surface area contributed by atoms with Crippen LogP contribution in [0, 0.1) is 5.92 Å². The molecular weight excluding hydrogens is 222 g/mol. The highest BCUT2D eigenvalue weighted by molar-refractivity contribution is 4.89. The molecule has 106 valence electrons. The second kappa shape index (κ2) is 6.36. The van der Waals surface area contributed by atoms with E-state index < -0.39 is 0 Å². The van der Waals surface area contributed by atoms with Gasteiger partial charge in [-0.2, -0.15) is 0 Å². The summed E-state index contributed by atoms with van der Waals surface area (Å²) in [6, 6.07) is 2.24. The van der Waals surface area contributed by atoms with E-state index in [1.807, 2.05) is 0 Å². The lowest BCUT2D eigenvalue weighted by Crippen LogP contribution is -2.52. The Kier molecular flexibility index (Phi) is 5.05. The molecule has 2 fully saturated rings. The van der Waals surface area contributed by atoms with Crippen molar-refractivity contribution in [1.82, 2.24) is 9.80 Å². The molecule has 0 bridgehead atoms. The summed E-state index contributed by atoms with van der Waals surface area (Å²) in [4.78, 5) is 5.17. The zero-order valence-corrected chi connectivity index (χ0v) is 12.4. The van der Waals surface area contributed by atoms with Gasteiger partial charge < -0.3 is 15.5 Å². The second-order valence-electron chi connectivity index (χ2n) is 6.52. The summed E-state index contributed by atoms with van der Waals surface area (Å²) in [6.45, 7) is 4.48. The van der Waals surface area contributed by atoms with E-state index in [4.69, 9.17) is 5.73 Å². The molecule has 2 rings (SSSR count). The van der Waals surface area contributed by atoms with Crippen LogP contribution in [0.15, 0.2) is 0 Å². The quantitative estimate of drug-likeness (QED) is 0.834. The first kappa shape index (κ1) is 14.3. The summed E-state index contributed by atoms with van der Waals surface area (Å²) < 4.78 is 0. The molecular formula is C15H31N3. The number of hydrogen-bond donors (Lipinski definition) is 1. The first-order valence-corrected chi connectivity index (χ1v) is 7.75. The van der Waals surface area contributed by atoms with Crippen LogP contribution in [0.3, 0.4) is 0 Å². The Morgan fingerprint density at radius 3 is 2.61 bits per heavy atom. The van der Waals surface area contributed by atoms with Crippen LogP contribution in [0.2, 0.25) is 0 Å². The molecule has 0 radical (unpaired) electrons. The summed E-state index contributed by atoms with van der Waals surface area (Å²) in [5.41, 5.74) is 5.98. The van der Waals surface area contributed by atoms with Gasteiger partial charge in [0.25, 0.3) is 0 Å². The lowest BCUT2D eigenvalue weighted by molar-refractivity contribution is 0.0420. The van der Waals surface area contributed by atoms with Crippen molar-refractivity contribution in [2.75, 3.05) is 27.2 Å². The summed E-state index contributed by atoms with van der Waals surface area (Å²) >= 11 is 0. The minimum Gasteiger partial charge on any atom is -0.330 e. The van der Waals surface area contributed by atoms with Crippen molar-refractivity contribution in [3.05, 3.63) is 0 Å². The standard InChI is InChI=1S/C15H31N3/c1-12-10-14(8-9-17(12)2)18(3)15-7-5-4-6-13(15)11-16/h12-15H,4-11,16H2,1-3H3. The summed E-state index contributed by atoms with van der Waals surface area (Å²) in [7, 11) is 4.60. The van der Waals surface area contributed by atoms with Crippen LogP contribution in [0.25, 0.3) is 0 Å². The van der Waals surface area contributed by atoms with Crippen molar-refractivity contribution in [2.24, 2.45) is 11.7 Å². The van der Waals surface area contributed by atoms with E-state index in [0.717, 1.165) is 30.6 Å². The predicted molar refractivity (Wildman–Crippen MR) is 77.7 cm³/mol. The largest absolute Gasteiger partial charge is 0.330 e. The molecule has 3 heteroatoms. The maximum absolute atomic E-state index is 5.98. The van der Waals surface area contributed by atoms with E-state index in [0.29, 0.717) is 0 Å². The van der Waals surface area contributed by atoms with Gasteiger partial charge in [0.05, 0.1) is 0 Å². The van der Waals surface area contributed by atoms with Gasteiger partial charge in [0.15, 0.2) is 0 Å². The third kappa shape index (κ3) is 3.06. The topological polar surface area (TPSA) is 32.5 Å². The number of nitrogens with zero attached hydrogens (tertiary/aromatic N) is 2. The number of rotatable bonds is 3. The van der Waals surface area contributed by atoms with Crippen LogP contribution in [0.4, 0.5) is 0 Å². The molecule has 0 amide bonds. The fourth-order valence-corrected chi connectivity index (χ4v) is 3.90. The maximum atomic E-state index is 5.98. The van der Waals surface area contributed by atoms with Crippen LogP contribution in [0.1, 0.15) is 45.4 Å². The zero-order valence-electron chi connectivity index (χ0n) is 12.4. The Balaban J connectivity index is 1.95. The van der Waals surface area contributed by atoms with Gasteiger partial charge in [-0.25, -0.2) is 0 Å². The van der Waals surface area contributed by atoms with E-state index in [1.54, 1.807) is 0 Å². The van der Waals surface area contributed by atoms with Gasteiger partial charge in [-0.05, 0) is 65.7 Å². The Labute approximate surface area is 113 Å². The fraction of sp³-hybridized carbons (Fsp3) is 1.00. The third-order valence-corrected chi connectivity index (χ3v) is 5.45. The molecule has 4 atom stereocenters.